The van der Waals surface area contributed by atoms with E-state index in [1.807, 2.05) is 12.1 Å². The van der Waals surface area contributed by atoms with Crippen molar-refractivity contribution in [2.24, 2.45) is 5.84 Å². The molecule has 0 radical (unpaired) electrons. The molecule has 7 nitrogen and oxygen atoms in total. The van der Waals surface area contributed by atoms with Crippen molar-refractivity contribution in [2.75, 3.05) is 38.2 Å². The van der Waals surface area contributed by atoms with Gasteiger partial charge in [-0.05, 0) is 31.2 Å². The molecule has 1 aliphatic rings. The van der Waals surface area contributed by atoms with E-state index in [-0.39, 0.29) is 5.97 Å². The largest absolute Gasteiger partial charge is 0.462 e. The maximum absolute atomic E-state index is 11.5. The van der Waals surface area contributed by atoms with Gasteiger partial charge in [0.1, 0.15) is 0 Å². The van der Waals surface area contributed by atoms with E-state index in [1.165, 1.54) is 0 Å². The number of nitrogens with one attached hydrogen (secondary N) is 2. The van der Waals surface area contributed by atoms with Gasteiger partial charge in [-0.2, -0.15) is 5.53 Å². The molecule has 0 saturated carbocycles. The third-order valence-electron chi connectivity index (χ3n) is 3.07. The van der Waals surface area contributed by atoms with Gasteiger partial charge in [0.2, 0.25) is 0 Å². The van der Waals surface area contributed by atoms with E-state index in [0.29, 0.717) is 12.2 Å². The zero-order chi connectivity index (χ0) is 14.4. The molecule has 0 aliphatic carbocycles. The fourth-order valence-corrected chi connectivity index (χ4v) is 1.88. The first kappa shape index (κ1) is 14.7. The summed E-state index contributed by atoms with van der Waals surface area (Å²) in [5.74, 6) is 5.39. The maximum atomic E-state index is 11.5. The van der Waals surface area contributed by atoms with Crippen molar-refractivity contribution >= 4 is 11.7 Å². The molecule has 1 aromatic rings. The number of hydrogen-bond acceptors (Lipinski definition) is 7. The van der Waals surface area contributed by atoms with Crippen molar-refractivity contribution in [1.29, 1.82) is 0 Å². The Morgan fingerprint density at radius 3 is 2.50 bits per heavy atom. The van der Waals surface area contributed by atoms with Crippen LogP contribution in [0.2, 0.25) is 0 Å². The number of benzene rings is 1. The summed E-state index contributed by atoms with van der Waals surface area (Å²) < 4.78 is 4.93. The number of nitrogens with two attached hydrogens (primary N) is 1. The lowest BCUT2D eigenvalue weighted by Gasteiger charge is -2.32. The first-order valence-corrected chi connectivity index (χ1v) is 6.72. The SMILES string of the molecule is CCOC(=O)c1ccc(NNN2CCN(N)CC2)cc1. The van der Waals surface area contributed by atoms with E-state index in [4.69, 9.17) is 10.6 Å². The number of piperazine rings is 1. The van der Waals surface area contributed by atoms with Gasteiger partial charge >= 0.3 is 5.97 Å². The lowest BCUT2D eigenvalue weighted by Crippen LogP contribution is -2.55. The molecule has 0 amide bonds. The van der Waals surface area contributed by atoms with Crippen LogP contribution in [-0.2, 0) is 4.74 Å². The molecule has 0 atom stereocenters. The number of nitrogens with zero attached hydrogens (tertiary/aromatic N) is 2. The average molecular weight is 279 g/mol. The zero-order valence-corrected chi connectivity index (χ0v) is 11.6. The molecular formula is C13H21N5O2. The van der Waals surface area contributed by atoms with Crippen LogP contribution in [-0.4, -0.2) is 48.8 Å². The van der Waals surface area contributed by atoms with Crippen LogP contribution in [0.3, 0.4) is 0 Å². The molecule has 7 heteroatoms. The molecular weight excluding hydrogens is 258 g/mol. The Kier molecular flexibility index (Phi) is 5.31. The maximum Gasteiger partial charge on any atom is 0.338 e. The molecule has 0 spiro atoms. The van der Waals surface area contributed by atoms with Crippen LogP contribution in [0, 0.1) is 0 Å². The summed E-state index contributed by atoms with van der Waals surface area (Å²) in [6.07, 6.45) is 0. The summed E-state index contributed by atoms with van der Waals surface area (Å²) in [7, 11) is 0. The molecule has 0 unspecified atom stereocenters. The van der Waals surface area contributed by atoms with Gasteiger partial charge in [0, 0.05) is 26.2 Å². The number of hydrogen-bond donors (Lipinski definition) is 3. The Labute approximate surface area is 118 Å². The molecule has 1 aromatic carbocycles. The predicted molar refractivity (Wildman–Crippen MR) is 76.5 cm³/mol. The van der Waals surface area contributed by atoms with Gasteiger partial charge in [-0.15, -0.1) is 0 Å². The standard InChI is InChI=1S/C13H21N5O2/c1-2-20-13(19)11-3-5-12(6-4-11)15-16-18-9-7-17(14)8-10-18/h3-6,15-16H,2,7-10,14H2,1H3. The molecule has 2 rings (SSSR count). The smallest absolute Gasteiger partial charge is 0.338 e. The third-order valence-corrected chi connectivity index (χ3v) is 3.07. The second-order valence-electron chi connectivity index (χ2n) is 4.56. The highest BCUT2D eigenvalue weighted by molar-refractivity contribution is 5.89. The van der Waals surface area contributed by atoms with E-state index in [2.05, 4.69) is 16.0 Å². The average Bonchev–Trinajstić information content (AvgIpc) is 2.47. The van der Waals surface area contributed by atoms with E-state index in [9.17, 15) is 4.79 Å². The first-order chi connectivity index (χ1) is 9.69. The van der Waals surface area contributed by atoms with Gasteiger partial charge in [-0.1, -0.05) is 0 Å². The molecule has 110 valence electrons. The molecule has 20 heavy (non-hydrogen) atoms. The molecule has 0 bridgehead atoms. The summed E-state index contributed by atoms with van der Waals surface area (Å²) in [5, 5.41) is 3.86. The van der Waals surface area contributed by atoms with E-state index in [1.54, 1.807) is 24.1 Å². The topological polar surface area (TPSA) is 82.9 Å². The van der Waals surface area contributed by atoms with Crippen LogP contribution >= 0.6 is 0 Å². The fourth-order valence-electron chi connectivity index (χ4n) is 1.88. The van der Waals surface area contributed by atoms with Gasteiger partial charge in [0.25, 0.3) is 0 Å². The van der Waals surface area contributed by atoms with E-state index >= 15 is 0 Å². The number of hydrazine groups is 3. The molecule has 1 heterocycles. The van der Waals surface area contributed by atoms with Crippen molar-refractivity contribution < 1.29 is 9.53 Å². The molecule has 0 aromatic heterocycles. The van der Waals surface area contributed by atoms with Crippen LogP contribution in [0.15, 0.2) is 24.3 Å². The molecule has 1 fully saturated rings. The lowest BCUT2D eigenvalue weighted by atomic mass is 10.2. The summed E-state index contributed by atoms with van der Waals surface area (Å²) >= 11 is 0. The van der Waals surface area contributed by atoms with Crippen LogP contribution in [0.4, 0.5) is 5.69 Å². The number of rotatable bonds is 5. The number of carbonyl (C=O) groups is 1. The second kappa shape index (κ2) is 7.20. The quantitative estimate of drug-likeness (QED) is 0.403. The van der Waals surface area contributed by atoms with E-state index < -0.39 is 0 Å². The Bertz CT molecular complexity index is 429. The minimum absolute atomic E-state index is 0.300. The van der Waals surface area contributed by atoms with Crippen LogP contribution in [0.25, 0.3) is 0 Å². The summed E-state index contributed by atoms with van der Waals surface area (Å²) in [6.45, 7) is 5.54. The Morgan fingerprint density at radius 1 is 1.25 bits per heavy atom. The highest BCUT2D eigenvalue weighted by Crippen LogP contribution is 2.09. The lowest BCUT2D eigenvalue weighted by molar-refractivity contribution is 0.0526. The van der Waals surface area contributed by atoms with Crippen molar-refractivity contribution in [1.82, 2.24) is 15.6 Å². The highest BCUT2D eigenvalue weighted by atomic mass is 16.5. The second-order valence-corrected chi connectivity index (χ2v) is 4.56. The Hall–Kier alpha value is -1.67. The van der Waals surface area contributed by atoms with Crippen LogP contribution < -0.4 is 16.8 Å². The summed E-state index contributed by atoms with van der Waals surface area (Å²) in [6, 6.07) is 7.14. The van der Waals surface area contributed by atoms with E-state index in [0.717, 1.165) is 31.9 Å². The zero-order valence-electron chi connectivity index (χ0n) is 11.6. The summed E-state index contributed by atoms with van der Waals surface area (Å²) in [4.78, 5) is 11.5. The van der Waals surface area contributed by atoms with Gasteiger partial charge in [-0.3, -0.25) is 5.84 Å². The first-order valence-electron chi connectivity index (χ1n) is 6.72. The number of esters is 1. The van der Waals surface area contributed by atoms with Crippen LogP contribution in [0.5, 0.6) is 0 Å². The van der Waals surface area contributed by atoms with Gasteiger partial charge in [0.15, 0.2) is 0 Å². The monoisotopic (exact) mass is 279 g/mol. The number of ether oxygens (including phenoxy) is 1. The van der Waals surface area contributed by atoms with Crippen LogP contribution in [0.1, 0.15) is 17.3 Å². The Balaban J connectivity index is 1.80. The van der Waals surface area contributed by atoms with Gasteiger partial charge in [0.05, 0.1) is 17.9 Å². The van der Waals surface area contributed by atoms with Crippen molar-refractivity contribution in [3.05, 3.63) is 29.8 Å². The third kappa shape index (κ3) is 4.17. The van der Waals surface area contributed by atoms with Crippen molar-refractivity contribution in [3.63, 3.8) is 0 Å². The van der Waals surface area contributed by atoms with Crippen molar-refractivity contribution in [3.8, 4) is 0 Å². The minimum Gasteiger partial charge on any atom is -0.462 e. The number of carbonyl (C=O) groups excluding carboxylic acids is 1. The Morgan fingerprint density at radius 2 is 1.90 bits per heavy atom. The molecule has 1 aliphatic heterocycles. The predicted octanol–water partition coefficient (Wildman–Crippen LogP) is 0.186. The van der Waals surface area contributed by atoms with Gasteiger partial charge in [-0.25, -0.2) is 14.8 Å². The minimum atomic E-state index is -0.300. The molecule has 1 saturated heterocycles. The normalized spacial score (nSPS) is 16.9. The number of anilines is 1. The highest BCUT2D eigenvalue weighted by Gasteiger charge is 2.13. The van der Waals surface area contributed by atoms with Crippen molar-refractivity contribution in [2.45, 2.75) is 6.92 Å². The fraction of sp³-hybridized carbons (Fsp3) is 0.462. The molecule has 4 N–H and O–H groups in total. The summed E-state index contributed by atoms with van der Waals surface area (Å²) in [5.41, 5.74) is 7.64. The van der Waals surface area contributed by atoms with Gasteiger partial charge < -0.3 is 10.2 Å².